The summed E-state index contributed by atoms with van der Waals surface area (Å²) < 4.78 is 0. The Bertz CT molecular complexity index is 4460. The lowest BCUT2D eigenvalue weighted by Gasteiger charge is -2.23. The van der Waals surface area contributed by atoms with Gasteiger partial charge in [0.15, 0.2) is 0 Å². The largest absolute Gasteiger partial charge is 0.354 e. The van der Waals surface area contributed by atoms with Gasteiger partial charge in [-0.25, -0.2) is 0 Å². The maximum atomic E-state index is 11.7. The van der Waals surface area contributed by atoms with E-state index in [2.05, 4.69) is 203 Å². The zero-order valence-corrected chi connectivity index (χ0v) is 39.3. The fourth-order valence-electron chi connectivity index (χ4n) is 12.8. The SMILES string of the molecule is CC1(C)c2cc(-c3ccccc3[N+](=O)[O-])ccc2-c2cc3c4ccccc4c4ccccc4c3cc21.CC1(C)c2cc3c4ccccc4c4ccccc4c3cc2-c2ccc3c([nH]c4ccccc43)c21. The first-order valence-corrected chi connectivity index (χ1v) is 24.3. The number of rotatable bonds is 2. The number of benzene rings is 12. The van der Waals surface area contributed by atoms with Gasteiger partial charge in [-0.15, -0.1) is 0 Å². The smallest absolute Gasteiger partial charge is 0.277 e. The molecule has 332 valence electrons. The molecule has 0 aliphatic heterocycles. The van der Waals surface area contributed by atoms with E-state index >= 15 is 0 Å². The number of aromatic amines is 1. The third kappa shape index (κ3) is 5.53. The molecule has 2 aliphatic rings. The Balaban J connectivity index is 0.000000131. The highest BCUT2D eigenvalue weighted by Crippen LogP contribution is 2.55. The van der Waals surface area contributed by atoms with Crippen LogP contribution in [0.15, 0.2) is 200 Å². The van der Waals surface area contributed by atoms with Crippen molar-refractivity contribution in [1.82, 2.24) is 4.98 Å². The first-order chi connectivity index (χ1) is 34.1. The number of nitro groups is 1. The Morgan fingerprint density at radius 1 is 0.357 bits per heavy atom. The molecule has 15 rings (SSSR count). The normalized spacial score (nSPS) is 14.1. The molecule has 1 aromatic heterocycles. The molecule has 70 heavy (non-hydrogen) atoms. The molecule has 0 atom stereocenters. The summed E-state index contributed by atoms with van der Waals surface area (Å²) >= 11 is 0. The molecule has 1 N–H and O–H groups in total. The number of aromatic nitrogens is 1. The molecular weight excluding hydrogens is 853 g/mol. The van der Waals surface area contributed by atoms with E-state index in [1.54, 1.807) is 12.1 Å². The van der Waals surface area contributed by atoms with Crippen molar-refractivity contribution in [3.05, 3.63) is 233 Å². The Morgan fingerprint density at radius 2 is 0.771 bits per heavy atom. The van der Waals surface area contributed by atoms with Crippen molar-refractivity contribution in [2.24, 2.45) is 0 Å². The van der Waals surface area contributed by atoms with E-state index in [4.69, 9.17) is 0 Å². The molecule has 2 aliphatic carbocycles. The predicted octanol–water partition coefficient (Wildman–Crippen LogP) is 18.1. The number of H-pyrrole nitrogens is 1. The molecule has 4 heteroatoms. The van der Waals surface area contributed by atoms with Gasteiger partial charge in [0.05, 0.1) is 16.0 Å². The summed E-state index contributed by atoms with van der Waals surface area (Å²) in [6.07, 6.45) is 0. The van der Waals surface area contributed by atoms with Crippen molar-refractivity contribution in [3.63, 3.8) is 0 Å². The maximum absolute atomic E-state index is 11.7. The Labute approximate surface area is 404 Å². The number of nitrogens with one attached hydrogen (secondary N) is 1. The molecule has 0 saturated carbocycles. The van der Waals surface area contributed by atoms with Gasteiger partial charge in [0, 0.05) is 33.2 Å². The molecule has 13 aromatic rings. The third-order valence-electron chi connectivity index (χ3n) is 16.1. The minimum atomic E-state index is -0.300. The summed E-state index contributed by atoms with van der Waals surface area (Å²) in [6, 6.07) is 71.3. The monoisotopic (exact) mass is 898 g/mol. The van der Waals surface area contributed by atoms with Crippen LogP contribution in [0.2, 0.25) is 0 Å². The quantitative estimate of drug-likeness (QED) is 0.107. The minimum absolute atomic E-state index is 0.0913. The Morgan fingerprint density at radius 3 is 1.31 bits per heavy atom. The molecule has 4 nitrogen and oxygen atoms in total. The van der Waals surface area contributed by atoms with Gasteiger partial charge in [0.1, 0.15) is 0 Å². The number of nitrogens with zero attached hydrogens (tertiary/aromatic N) is 1. The van der Waals surface area contributed by atoms with Gasteiger partial charge in [-0.3, -0.25) is 10.1 Å². The summed E-state index contributed by atoms with van der Waals surface area (Å²) in [5, 5.41) is 29.9. The van der Waals surface area contributed by atoms with Crippen LogP contribution >= 0.6 is 0 Å². The van der Waals surface area contributed by atoms with Crippen LogP contribution in [0.3, 0.4) is 0 Å². The maximum Gasteiger partial charge on any atom is 0.277 e. The van der Waals surface area contributed by atoms with Crippen LogP contribution in [-0.2, 0) is 10.8 Å². The van der Waals surface area contributed by atoms with E-state index < -0.39 is 0 Å². The molecule has 0 radical (unpaired) electrons. The fraction of sp³-hybridized carbons (Fsp3) is 0.0909. The number of nitro benzene ring substituents is 1. The van der Waals surface area contributed by atoms with Crippen molar-refractivity contribution in [3.8, 4) is 33.4 Å². The first-order valence-electron chi connectivity index (χ1n) is 24.3. The van der Waals surface area contributed by atoms with Gasteiger partial charge in [-0.1, -0.05) is 179 Å². The second-order valence-corrected chi connectivity index (χ2v) is 20.4. The summed E-state index contributed by atoms with van der Waals surface area (Å²) in [6.45, 7) is 9.29. The molecule has 0 unspecified atom stereocenters. The van der Waals surface area contributed by atoms with Crippen molar-refractivity contribution >= 4 is 92.1 Å². The first kappa shape index (κ1) is 40.5. The average molecular weight is 899 g/mol. The molecule has 0 spiro atoms. The van der Waals surface area contributed by atoms with Crippen molar-refractivity contribution in [2.75, 3.05) is 0 Å². The van der Waals surface area contributed by atoms with Crippen molar-refractivity contribution in [2.45, 2.75) is 38.5 Å². The Hall–Kier alpha value is -8.60. The highest BCUT2D eigenvalue weighted by molar-refractivity contribution is 6.28. The van der Waals surface area contributed by atoms with Crippen LogP contribution < -0.4 is 0 Å². The van der Waals surface area contributed by atoms with Crippen molar-refractivity contribution < 1.29 is 4.92 Å². The van der Waals surface area contributed by atoms with Gasteiger partial charge < -0.3 is 4.98 Å². The van der Waals surface area contributed by atoms with Crippen LogP contribution in [0.4, 0.5) is 5.69 Å². The molecule has 0 saturated heterocycles. The molecule has 0 fully saturated rings. The molecule has 12 aromatic carbocycles. The topological polar surface area (TPSA) is 58.9 Å². The Kier molecular flexibility index (Phi) is 8.36. The minimum Gasteiger partial charge on any atom is -0.354 e. The van der Waals surface area contributed by atoms with Crippen LogP contribution in [0.25, 0.3) is 120 Å². The lowest BCUT2D eigenvalue weighted by molar-refractivity contribution is -0.384. The zero-order chi connectivity index (χ0) is 47.2. The van der Waals surface area contributed by atoms with Crippen LogP contribution in [0.1, 0.15) is 49.9 Å². The molecule has 1 heterocycles. The van der Waals surface area contributed by atoms with Gasteiger partial charge >= 0.3 is 0 Å². The van der Waals surface area contributed by atoms with E-state index in [0.717, 1.165) is 5.56 Å². The summed E-state index contributed by atoms with van der Waals surface area (Å²) in [5.74, 6) is 0. The fourth-order valence-corrected chi connectivity index (χ4v) is 12.8. The predicted molar refractivity (Wildman–Crippen MR) is 295 cm³/mol. The zero-order valence-electron chi connectivity index (χ0n) is 39.3. The number of hydrogen-bond acceptors (Lipinski definition) is 2. The van der Waals surface area contributed by atoms with Crippen LogP contribution in [-0.4, -0.2) is 9.91 Å². The van der Waals surface area contributed by atoms with Gasteiger partial charge in [-0.05, 0) is 157 Å². The van der Waals surface area contributed by atoms with Crippen LogP contribution in [0, 0.1) is 10.1 Å². The van der Waals surface area contributed by atoms with Crippen molar-refractivity contribution in [1.29, 1.82) is 0 Å². The highest BCUT2D eigenvalue weighted by Gasteiger charge is 2.39. The second-order valence-electron chi connectivity index (χ2n) is 20.4. The molecule has 0 amide bonds. The second kappa shape index (κ2) is 14.5. The summed E-state index contributed by atoms with van der Waals surface area (Å²) in [7, 11) is 0. The summed E-state index contributed by atoms with van der Waals surface area (Å²) in [5.41, 5.74) is 14.3. The number of fused-ring (bicyclic) bond motifs is 22. The number of para-hydroxylation sites is 2. The van der Waals surface area contributed by atoms with E-state index in [-0.39, 0.29) is 21.4 Å². The highest BCUT2D eigenvalue weighted by atomic mass is 16.6. The van der Waals surface area contributed by atoms with E-state index in [0.29, 0.717) is 5.56 Å². The van der Waals surface area contributed by atoms with Gasteiger partial charge in [-0.2, -0.15) is 0 Å². The summed E-state index contributed by atoms with van der Waals surface area (Å²) in [4.78, 5) is 15.2. The van der Waals surface area contributed by atoms with E-state index in [1.165, 1.54) is 131 Å². The average Bonchev–Trinajstić information content (AvgIpc) is 3.97. The standard InChI is InChI=1S/C33H23NO2.C33H23N/c1-33(2)30-17-20(21-9-7-8-14-32(21)34(35)36)15-16-26(30)29-18-27-24-12-5-3-10-22(24)23-11-4-6-13-25(23)28(27)19-31(29)33;1-33(2)29-18-27-22-12-6-4-10-20(22)19-9-3-5-11-21(19)26(27)17-28(29)24-15-16-25-23-13-7-8-14-30(23)34-32(25)31(24)33/h3-19H,1-2H3;3-18,34H,1-2H3. The number of hydrogen-bond donors (Lipinski definition) is 1. The third-order valence-corrected chi connectivity index (χ3v) is 16.1. The van der Waals surface area contributed by atoms with Crippen LogP contribution in [0.5, 0.6) is 0 Å². The van der Waals surface area contributed by atoms with E-state index in [9.17, 15) is 10.1 Å². The van der Waals surface area contributed by atoms with E-state index in [1.807, 2.05) is 18.2 Å². The lowest BCUT2D eigenvalue weighted by atomic mass is 9.80. The molecular formula is C66H46N2O2. The van der Waals surface area contributed by atoms with Gasteiger partial charge in [0.25, 0.3) is 5.69 Å². The molecule has 0 bridgehead atoms. The van der Waals surface area contributed by atoms with Gasteiger partial charge in [0.2, 0.25) is 0 Å². The lowest BCUT2D eigenvalue weighted by Crippen LogP contribution is -2.15.